The van der Waals surface area contributed by atoms with E-state index in [1.165, 1.54) is 0 Å². The molecule has 1 aliphatic carbocycles. The van der Waals surface area contributed by atoms with Crippen molar-refractivity contribution in [1.82, 2.24) is 4.98 Å². The number of aryl methyl sites for hydroxylation is 1. The Morgan fingerprint density at radius 2 is 1.81 bits per heavy atom. The van der Waals surface area contributed by atoms with Crippen molar-refractivity contribution in [1.29, 1.82) is 0 Å². The van der Waals surface area contributed by atoms with Crippen LogP contribution in [-0.4, -0.2) is 21.3 Å². The van der Waals surface area contributed by atoms with E-state index >= 15 is 0 Å². The first-order valence-electron chi connectivity index (χ1n) is 14.1. The van der Waals surface area contributed by atoms with E-state index in [0.29, 0.717) is 5.02 Å². The zero-order valence-electron chi connectivity index (χ0n) is 24.4. The summed E-state index contributed by atoms with van der Waals surface area (Å²) in [5, 5.41) is 23.9. The number of fused-ring (bicyclic) bond motifs is 1. The fourth-order valence-electron chi connectivity index (χ4n) is 5.88. The van der Waals surface area contributed by atoms with Gasteiger partial charge in [-0.15, -0.1) is 0 Å². The Morgan fingerprint density at radius 3 is 2.52 bits per heavy atom. The number of aliphatic hydroxyl groups is 1. The molecule has 7 heteroatoms. The third kappa shape index (κ3) is 7.88. The summed E-state index contributed by atoms with van der Waals surface area (Å²) in [5.74, 6) is -1.00. The van der Waals surface area contributed by atoms with Crippen LogP contribution in [0.3, 0.4) is 0 Å². The number of aromatic nitrogens is 1. The van der Waals surface area contributed by atoms with E-state index in [4.69, 9.17) is 29.2 Å². The quantitative estimate of drug-likeness (QED) is 0.198. The van der Waals surface area contributed by atoms with Crippen LogP contribution in [0.1, 0.15) is 73.4 Å². The van der Waals surface area contributed by atoms with E-state index in [9.17, 15) is 15.0 Å². The number of hydrogen-bond donors (Lipinski definition) is 2. The summed E-state index contributed by atoms with van der Waals surface area (Å²) in [7, 11) is 0. The molecule has 4 aromatic rings. The summed E-state index contributed by atoms with van der Waals surface area (Å²) >= 11 is 11.3. The van der Waals surface area contributed by atoms with Crippen molar-refractivity contribution in [3.8, 4) is 0 Å². The van der Waals surface area contributed by atoms with Gasteiger partial charge in [0.15, 0.2) is 0 Å². The average molecular weight is 608 g/mol. The number of rotatable bonds is 11. The number of carboxylic acid groups (broad SMARTS) is 1. The summed E-state index contributed by atoms with van der Waals surface area (Å²) in [4.78, 5) is 16.4. The number of carbonyl (C=O) groups excluding carboxylic acids is 1. The molecule has 1 aromatic heterocycles. The van der Waals surface area contributed by atoms with Crippen molar-refractivity contribution in [2.45, 2.75) is 62.7 Å². The van der Waals surface area contributed by atoms with Crippen molar-refractivity contribution in [3.05, 3.63) is 112 Å². The number of thiol groups is 1. The molecule has 1 unspecified atom stereocenters. The molecule has 1 saturated carbocycles. The molecule has 3 aromatic carbocycles. The van der Waals surface area contributed by atoms with Gasteiger partial charge in [-0.1, -0.05) is 78.3 Å². The first-order chi connectivity index (χ1) is 19.5. The number of carboxylic acids is 1. The van der Waals surface area contributed by atoms with Gasteiger partial charge in [-0.3, -0.25) is 0 Å². The second kappa shape index (κ2) is 13.7. The molecular formula is C35H35ClNNaO3S. The molecule has 0 saturated heterocycles. The van der Waals surface area contributed by atoms with E-state index in [1.807, 2.05) is 66.7 Å². The Hall–Kier alpha value is -2.12. The van der Waals surface area contributed by atoms with Crippen LogP contribution in [-0.2, 0) is 16.8 Å². The Labute approximate surface area is 280 Å². The van der Waals surface area contributed by atoms with Gasteiger partial charge in [0.25, 0.3) is 0 Å². The van der Waals surface area contributed by atoms with E-state index in [2.05, 4.69) is 24.3 Å². The maximum absolute atomic E-state index is 11.6. The smallest absolute Gasteiger partial charge is 0.550 e. The van der Waals surface area contributed by atoms with Crippen molar-refractivity contribution in [2.75, 3.05) is 0 Å². The molecule has 0 amide bonds. The molecule has 0 bridgehead atoms. The fraction of sp³-hybridized carbons (Fsp3) is 0.314. The maximum atomic E-state index is 11.6. The minimum absolute atomic E-state index is 0. The van der Waals surface area contributed by atoms with Gasteiger partial charge in [0.1, 0.15) is 0 Å². The van der Waals surface area contributed by atoms with E-state index < -0.39 is 11.6 Å². The summed E-state index contributed by atoms with van der Waals surface area (Å²) in [5.41, 5.74) is 4.53. The molecule has 2 atom stereocenters. The SMILES string of the molecule is CC(C)(O)c1ccccc1CC[C@H](c1cccc(/C=C/c2ccc3ccc(Cl)cc3n2)c1)C(S)C1(CC(=O)[O-])CC1.[Na+]. The molecule has 1 heterocycles. The molecule has 0 radical (unpaired) electrons. The molecule has 5 rings (SSSR count). The molecule has 1 aliphatic rings. The third-order valence-electron chi connectivity index (χ3n) is 8.26. The van der Waals surface area contributed by atoms with Gasteiger partial charge >= 0.3 is 29.6 Å². The summed E-state index contributed by atoms with van der Waals surface area (Å²) in [6.45, 7) is 3.61. The molecule has 4 nitrogen and oxygen atoms in total. The first-order valence-corrected chi connectivity index (χ1v) is 15.0. The number of carbonyl (C=O) groups is 1. The summed E-state index contributed by atoms with van der Waals surface area (Å²) in [6, 6.07) is 26.1. The maximum Gasteiger partial charge on any atom is 1.00 e. The number of aliphatic carboxylic acids is 1. The monoisotopic (exact) mass is 607 g/mol. The van der Waals surface area contributed by atoms with E-state index in [1.54, 1.807) is 13.8 Å². The first kappa shape index (κ1) is 32.8. The molecular weight excluding hydrogens is 573 g/mol. The Balaban J connectivity index is 0.00000405. The van der Waals surface area contributed by atoms with Crippen LogP contribution >= 0.6 is 24.2 Å². The zero-order chi connectivity index (χ0) is 29.2. The van der Waals surface area contributed by atoms with Gasteiger partial charge in [0.05, 0.1) is 16.8 Å². The van der Waals surface area contributed by atoms with E-state index in [0.717, 1.165) is 64.5 Å². The summed E-state index contributed by atoms with van der Waals surface area (Å²) in [6.07, 6.45) is 7.25. The average Bonchev–Trinajstić information content (AvgIpc) is 3.71. The van der Waals surface area contributed by atoms with Crippen LogP contribution in [0, 0.1) is 5.41 Å². The van der Waals surface area contributed by atoms with E-state index in [-0.39, 0.29) is 52.6 Å². The Bertz CT molecular complexity index is 1590. The molecule has 1 N–H and O–H groups in total. The van der Waals surface area contributed by atoms with Gasteiger partial charge in [0.2, 0.25) is 0 Å². The number of hydrogen-bond acceptors (Lipinski definition) is 5. The predicted molar refractivity (Wildman–Crippen MR) is 169 cm³/mol. The van der Waals surface area contributed by atoms with Crippen molar-refractivity contribution in [2.24, 2.45) is 5.41 Å². The molecule has 0 aliphatic heterocycles. The molecule has 42 heavy (non-hydrogen) atoms. The second-order valence-electron chi connectivity index (χ2n) is 11.8. The number of benzene rings is 3. The predicted octanol–water partition coefficient (Wildman–Crippen LogP) is 4.23. The van der Waals surface area contributed by atoms with Crippen molar-refractivity contribution in [3.63, 3.8) is 0 Å². The third-order valence-corrected chi connectivity index (χ3v) is 9.40. The summed E-state index contributed by atoms with van der Waals surface area (Å²) < 4.78 is 0. The van der Waals surface area contributed by atoms with Gasteiger partial charge in [-0.25, -0.2) is 4.98 Å². The van der Waals surface area contributed by atoms with Crippen LogP contribution in [0.15, 0.2) is 78.9 Å². The second-order valence-corrected chi connectivity index (χ2v) is 12.8. The van der Waals surface area contributed by atoms with Gasteiger partial charge in [-0.2, -0.15) is 12.6 Å². The molecule has 0 spiro atoms. The standard InChI is InChI=1S/C35H36ClNO3S.Na/c1-34(2,40)30-9-4-3-7-24(30)13-17-29(33(41)35(18-19-35)22-32(38)39)26-8-5-6-23(20-26)10-15-28-16-12-25-11-14-27(36)21-31(25)37-28;/h3-12,14-16,20-21,29,33,40-41H,13,17-19,22H2,1-2H3,(H,38,39);/q;+1/p-1/b15-10+;/t29-,33?;/m1./s1. The van der Waals surface area contributed by atoms with Gasteiger partial charge < -0.3 is 15.0 Å². The Kier molecular flexibility index (Phi) is 10.7. The van der Waals surface area contributed by atoms with Crippen LogP contribution in [0.2, 0.25) is 5.02 Å². The van der Waals surface area contributed by atoms with Crippen LogP contribution in [0.25, 0.3) is 23.1 Å². The minimum Gasteiger partial charge on any atom is -0.550 e. The minimum atomic E-state index is -1.02. The van der Waals surface area contributed by atoms with Crippen molar-refractivity contribution < 1.29 is 44.6 Å². The topological polar surface area (TPSA) is 73.2 Å². The zero-order valence-corrected chi connectivity index (χ0v) is 28.0. The number of halogens is 1. The normalized spacial score (nSPS) is 15.7. The Morgan fingerprint density at radius 1 is 1.07 bits per heavy atom. The van der Waals surface area contributed by atoms with Crippen molar-refractivity contribution >= 4 is 53.3 Å². The molecule has 1 fully saturated rings. The van der Waals surface area contributed by atoms with Crippen LogP contribution in [0.4, 0.5) is 0 Å². The number of nitrogens with zero attached hydrogens (tertiary/aromatic N) is 1. The van der Waals surface area contributed by atoms with Gasteiger partial charge in [0, 0.05) is 21.6 Å². The number of pyridine rings is 1. The van der Waals surface area contributed by atoms with Gasteiger partial charge in [-0.05, 0) is 104 Å². The fourth-order valence-corrected chi connectivity index (χ4v) is 6.72. The largest absolute Gasteiger partial charge is 1.00 e. The molecule has 212 valence electrons. The van der Waals surface area contributed by atoms with Crippen LogP contribution in [0.5, 0.6) is 0 Å². The van der Waals surface area contributed by atoms with Crippen LogP contribution < -0.4 is 34.7 Å².